The summed E-state index contributed by atoms with van der Waals surface area (Å²) in [5.74, 6) is -0.0251. The summed E-state index contributed by atoms with van der Waals surface area (Å²) in [5.41, 5.74) is 4.31. The van der Waals surface area contributed by atoms with Crippen molar-refractivity contribution in [1.82, 2.24) is 5.32 Å². The van der Waals surface area contributed by atoms with E-state index in [9.17, 15) is 9.59 Å². The lowest BCUT2D eigenvalue weighted by molar-refractivity contribution is 0.0923. The average Bonchev–Trinajstić information content (AvgIpc) is 3.24. The summed E-state index contributed by atoms with van der Waals surface area (Å²) >= 11 is 0. The second-order valence-corrected chi connectivity index (χ2v) is 8.10. The van der Waals surface area contributed by atoms with Crippen LogP contribution in [0.1, 0.15) is 49.4 Å². The van der Waals surface area contributed by atoms with Gasteiger partial charge < -0.3 is 5.32 Å². The van der Waals surface area contributed by atoms with Gasteiger partial charge in [0, 0.05) is 17.5 Å². The van der Waals surface area contributed by atoms with Gasteiger partial charge >= 0.3 is 0 Å². The molecule has 32 heavy (non-hydrogen) atoms. The third-order valence-electron chi connectivity index (χ3n) is 6.21. The number of fused-ring (bicyclic) bond motifs is 1. The Morgan fingerprint density at radius 3 is 1.66 bits per heavy atom. The number of aryl methyl sites for hydroxylation is 1. The summed E-state index contributed by atoms with van der Waals surface area (Å²) in [6, 6.07) is 35.5. The fraction of sp³-hybridized carbons (Fsp3) is 0.103. The first-order valence-electron chi connectivity index (χ1n) is 10.8. The molecule has 3 nitrogen and oxygen atoms in total. The van der Waals surface area contributed by atoms with Crippen molar-refractivity contribution in [3.63, 3.8) is 0 Å². The number of carbonyl (C=O) groups is 2. The molecule has 0 heterocycles. The molecule has 0 spiro atoms. The van der Waals surface area contributed by atoms with E-state index in [4.69, 9.17) is 0 Å². The lowest BCUT2D eigenvalue weighted by atomic mass is 9.76. The van der Waals surface area contributed by atoms with Gasteiger partial charge in [0.25, 0.3) is 5.91 Å². The maximum Gasteiger partial charge on any atom is 0.252 e. The molecule has 1 aliphatic carbocycles. The van der Waals surface area contributed by atoms with Crippen molar-refractivity contribution in [3.05, 3.63) is 143 Å². The molecule has 1 aliphatic rings. The van der Waals surface area contributed by atoms with Crippen LogP contribution in [0.25, 0.3) is 0 Å². The first kappa shape index (κ1) is 20.0. The molecule has 0 saturated carbocycles. The Kier molecular flexibility index (Phi) is 5.16. The normalized spacial score (nSPS) is 12.9. The van der Waals surface area contributed by atoms with E-state index < -0.39 is 5.54 Å². The van der Waals surface area contributed by atoms with E-state index in [0.717, 1.165) is 27.8 Å². The van der Waals surface area contributed by atoms with Crippen molar-refractivity contribution in [2.24, 2.45) is 0 Å². The zero-order chi connectivity index (χ0) is 22.0. The molecular weight excluding hydrogens is 394 g/mol. The number of carbonyl (C=O) groups excluding carboxylic acids is 2. The topological polar surface area (TPSA) is 46.2 Å². The van der Waals surface area contributed by atoms with Crippen LogP contribution < -0.4 is 5.32 Å². The fourth-order valence-electron chi connectivity index (χ4n) is 4.62. The summed E-state index contributed by atoms with van der Waals surface area (Å²) < 4.78 is 0. The van der Waals surface area contributed by atoms with Gasteiger partial charge in [-0.2, -0.15) is 0 Å². The first-order valence-corrected chi connectivity index (χ1v) is 10.8. The van der Waals surface area contributed by atoms with Crippen LogP contribution in [0.2, 0.25) is 0 Å². The van der Waals surface area contributed by atoms with Crippen molar-refractivity contribution < 1.29 is 9.59 Å². The van der Waals surface area contributed by atoms with Crippen molar-refractivity contribution in [3.8, 4) is 0 Å². The van der Waals surface area contributed by atoms with Gasteiger partial charge in [0.05, 0.1) is 0 Å². The van der Waals surface area contributed by atoms with Gasteiger partial charge in [0.1, 0.15) is 5.54 Å². The van der Waals surface area contributed by atoms with Crippen molar-refractivity contribution in [2.45, 2.75) is 18.4 Å². The predicted octanol–water partition coefficient (Wildman–Crippen LogP) is 5.54. The van der Waals surface area contributed by atoms with Gasteiger partial charge in [-0.15, -0.1) is 0 Å². The highest BCUT2D eigenvalue weighted by Gasteiger charge is 2.38. The molecule has 0 fully saturated rings. The smallest absolute Gasteiger partial charge is 0.252 e. The Bertz CT molecular complexity index is 1170. The second-order valence-electron chi connectivity index (χ2n) is 8.10. The molecule has 1 N–H and O–H groups in total. The molecule has 4 aromatic carbocycles. The van der Waals surface area contributed by atoms with E-state index in [0.29, 0.717) is 18.4 Å². The number of hydrogen-bond donors (Lipinski definition) is 1. The first-order chi connectivity index (χ1) is 15.7. The minimum absolute atomic E-state index is 0.152. The third kappa shape index (κ3) is 3.42. The van der Waals surface area contributed by atoms with Crippen LogP contribution in [0.3, 0.4) is 0 Å². The molecule has 0 saturated heterocycles. The molecule has 0 bridgehead atoms. The van der Waals surface area contributed by atoms with E-state index in [1.807, 2.05) is 97.1 Å². The molecule has 5 rings (SSSR count). The van der Waals surface area contributed by atoms with E-state index in [-0.39, 0.29) is 11.7 Å². The minimum Gasteiger partial charge on any atom is -0.334 e. The number of rotatable bonds is 5. The average molecular weight is 418 g/mol. The van der Waals surface area contributed by atoms with Crippen LogP contribution in [0, 0.1) is 0 Å². The van der Waals surface area contributed by atoms with Gasteiger partial charge in [-0.3, -0.25) is 9.59 Å². The van der Waals surface area contributed by atoms with Gasteiger partial charge in [-0.25, -0.2) is 0 Å². The molecular formula is C29H23NO2. The Labute approximate surface area is 187 Å². The SMILES string of the molecule is O=C(NC(c1ccccc1)(c1ccccc1)c1ccccc1)c1ccc2c(c1)CCC2=O. The van der Waals surface area contributed by atoms with Crippen molar-refractivity contribution >= 4 is 11.7 Å². The Morgan fingerprint density at radius 2 is 1.16 bits per heavy atom. The van der Waals surface area contributed by atoms with Gasteiger partial charge in [0.15, 0.2) is 5.78 Å². The lowest BCUT2D eigenvalue weighted by Gasteiger charge is -2.37. The number of amides is 1. The molecule has 3 heteroatoms. The number of nitrogens with one attached hydrogen (secondary N) is 1. The third-order valence-corrected chi connectivity index (χ3v) is 6.21. The van der Waals surface area contributed by atoms with Crippen LogP contribution in [0.4, 0.5) is 0 Å². The van der Waals surface area contributed by atoms with Crippen LogP contribution in [-0.2, 0) is 12.0 Å². The predicted molar refractivity (Wildman–Crippen MR) is 126 cm³/mol. The zero-order valence-corrected chi connectivity index (χ0v) is 17.6. The van der Waals surface area contributed by atoms with Gasteiger partial charge in [0.2, 0.25) is 0 Å². The van der Waals surface area contributed by atoms with E-state index >= 15 is 0 Å². The quantitative estimate of drug-likeness (QED) is 0.434. The summed E-state index contributed by atoms with van der Waals surface area (Å²) in [6.07, 6.45) is 1.21. The van der Waals surface area contributed by atoms with Crippen molar-refractivity contribution in [2.75, 3.05) is 0 Å². The van der Waals surface area contributed by atoms with Crippen LogP contribution >= 0.6 is 0 Å². The summed E-state index contributed by atoms with van der Waals surface area (Å²) in [7, 11) is 0. The highest BCUT2D eigenvalue weighted by Crippen LogP contribution is 2.37. The van der Waals surface area contributed by atoms with Crippen molar-refractivity contribution in [1.29, 1.82) is 0 Å². The van der Waals surface area contributed by atoms with Crippen LogP contribution in [-0.4, -0.2) is 11.7 Å². The maximum atomic E-state index is 13.7. The highest BCUT2D eigenvalue weighted by molar-refractivity contribution is 6.02. The lowest BCUT2D eigenvalue weighted by Crippen LogP contribution is -2.47. The Hall–Kier alpha value is -3.98. The zero-order valence-electron chi connectivity index (χ0n) is 17.6. The number of benzene rings is 4. The second kappa shape index (κ2) is 8.27. The number of Topliss-reactive ketones (excluding diaryl/α,β-unsaturated/α-hetero) is 1. The molecule has 0 radical (unpaired) electrons. The Balaban J connectivity index is 1.67. The molecule has 0 aromatic heterocycles. The fourth-order valence-corrected chi connectivity index (χ4v) is 4.62. The summed E-state index contributed by atoms with van der Waals surface area (Å²) in [4.78, 5) is 25.7. The molecule has 156 valence electrons. The van der Waals surface area contributed by atoms with E-state index in [2.05, 4.69) is 5.32 Å². The summed E-state index contributed by atoms with van der Waals surface area (Å²) in [5, 5.41) is 3.37. The maximum absolute atomic E-state index is 13.7. The Morgan fingerprint density at radius 1 is 0.656 bits per heavy atom. The number of hydrogen-bond acceptors (Lipinski definition) is 2. The van der Waals surface area contributed by atoms with E-state index in [1.165, 1.54) is 0 Å². The van der Waals surface area contributed by atoms with Crippen LogP contribution in [0.5, 0.6) is 0 Å². The molecule has 0 atom stereocenters. The largest absolute Gasteiger partial charge is 0.334 e. The minimum atomic E-state index is -0.865. The van der Waals surface area contributed by atoms with Gasteiger partial charge in [-0.05, 0) is 40.8 Å². The summed E-state index contributed by atoms with van der Waals surface area (Å²) in [6.45, 7) is 0. The monoisotopic (exact) mass is 417 g/mol. The molecule has 0 unspecified atom stereocenters. The molecule has 1 amide bonds. The van der Waals surface area contributed by atoms with E-state index in [1.54, 1.807) is 12.1 Å². The number of ketones is 1. The highest BCUT2D eigenvalue weighted by atomic mass is 16.2. The van der Waals surface area contributed by atoms with Crippen LogP contribution in [0.15, 0.2) is 109 Å². The van der Waals surface area contributed by atoms with Gasteiger partial charge in [-0.1, -0.05) is 97.1 Å². The standard InChI is InChI=1S/C29H23NO2/c31-27-19-17-21-20-22(16-18-26(21)27)28(32)30-29(23-10-4-1-5-11-23,24-12-6-2-7-13-24)25-14-8-3-9-15-25/h1-16,18,20H,17,19H2,(H,30,32). The molecule has 4 aromatic rings. The molecule has 0 aliphatic heterocycles.